The number of benzene rings is 6. The van der Waals surface area contributed by atoms with Crippen LogP contribution in [0.25, 0.3) is 21.5 Å². The molecule has 6 aromatic carbocycles. The Morgan fingerprint density at radius 1 is 0.486 bits per heavy atom. The second kappa shape index (κ2) is 8.79. The summed E-state index contributed by atoms with van der Waals surface area (Å²) in [7, 11) is 0. The summed E-state index contributed by atoms with van der Waals surface area (Å²) in [5.41, 5.74) is 8.59. The standard InChI is InChI=1S/C35H28AsB/c1-23-17-24(2)35(25(3)18-23)37-33-21-28-13-9-7-11-26(28)19-31(33)36(30-15-5-4-6-16-30)32-20-27-12-8-10-14-29(27)22-34(32)37/h4-22H,1-3H3. The average Bonchev–Trinajstić information content (AvgIpc) is 2.91. The van der Waals surface area contributed by atoms with Gasteiger partial charge in [-0.1, -0.05) is 0 Å². The molecule has 0 atom stereocenters. The van der Waals surface area contributed by atoms with Crippen LogP contribution in [0.4, 0.5) is 0 Å². The van der Waals surface area contributed by atoms with Crippen molar-refractivity contribution in [1.29, 1.82) is 0 Å². The van der Waals surface area contributed by atoms with Gasteiger partial charge in [-0.2, -0.15) is 0 Å². The van der Waals surface area contributed by atoms with E-state index >= 15 is 0 Å². The number of hydrogen-bond donors (Lipinski definition) is 0. The second-order valence-corrected chi connectivity index (χ2v) is 14.9. The fourth-order valence-electron chi connectivity index (χ4n) is 6.45. The Bertz CT molecular complexity index is 1710. The normalized spacial score (nSPS) is 13.1. The van der Waals surface area contributed by atoms with Crippen molar-refractivity contribution in [1.82, 2.24) is 0 Å². The molecule has 7 rings (SSSR count). The van der Waals surface area contributed by atoms with Gasteiger partial charge in [0.25, 0.3) is 0 Å². The van der Waals surface area contributed by atoms with Crippen molar-refractivity contribution < 1.29 is 0 Å². The summed E-state index contributed by atoms with van der Waals surface area (Å²) in [5, 5.41) is 5.36. The Kier molecular flexibility index (Phi) is 5.38. The maximum atomic E-state index is 2.53. The van der Waals surface area contributed by atoms with E-state index in [4.69, 9.17) is 0 Å². The van der Waals surface area contributed by atoms with Gasteiger partial charge in [0.1, 0.15) is 0 Å². The first-order chi connectivity index (χ1) is 18.1. The molecule has 1 aliphatic heterocycles. The molecule has 0 fully saturated rings. The molecule has 2 heteroatoms. The van der Waals surface area contributed by atoms with E-state index in [1.54, 1.807) is 8.70 Å². The zero-order valence-electron chi connectivity index (χ0n) is 21.5. The summed E-state index contributed by atoms with van der Waals surface area (Å²) in [6.45, 7) is 7.05. The molecule has 37 heavy (non-hydrogen) atoms. The number of fused-ring (bicyclic) bond motifs is 4. The van der Waals surface area contributed by atoms with E-state index in [9.17, 15) is 0 Å². The third kappa shape index (κ3) is 3.68. The van der Waals surface area contributed by atoms with E-state index in [1.807, 2.05) is 0 Å². The molecule has 0 saturated carbocycles. The summed E-state index contributed by atoms with van der Waals surface area (Å²) >= 11 is -1.79. The third-order valence-electron chi connectivity index (χ3n) is 7.93. The molecular weight excluding hydrogens is 506 g/mol. The van der Waals surface area contributed by atoms with E-state index in [1.165, 1.54) is 59.0 Å². The quantitative estimate of drug-likeness (QED) is 0.291. The fourth-order valence-corrected chi connectivity index (χ4v) is 12.2. The van der Waals surface area contributed by atoms with Gasteiger partial charge in [-0.05, 0) is 0 Å². The van der Waals surface area contributed by atoms with Gasteiger partial charge >= 0.3 is 225 Å². The van der Waals surface area contributed by atoms with Crippen LogP contribution in [-0.2, 0) is 0 Å². The Morgan fingerprint density at radius 3 is 1.41 bits per heavy atom. The van der Waals surface area contributed by atoms with Gasteiger partial charge in [0.05, 0.1) is 0 Å². The van der Waals surface area contributed by atoms with E-state index < -0.39 is 14.7 Å². The summed E-state index contributed by atoms with van der Waals surface area (Å²) in [4.78, 5) is 0. The molecule has 0 spiro atoms. The molecule has 0 N–H and O–H groups in total. The molecule has 1 aliphatic rings. The van der Waals surface area contributed by atoms with E-state index in [2.05, 4.69) is 136 Å². The van der Waals surface area contributed by atoms with Gasteiger partial charge < -0.3 is 0 Å². The molecule has 0 radical (unpaired) electrons. The molecule has 6 aromatic rings. The Balaban J connectivity index is 1.64. The van der Waals surface area contributed by atoms with E-state index in [0.717, 1.165) is 0 Å². The molecule has 0 saturated heterocycles. The summed E-state index contributed by atoms with van der Waals surface area (Å²) in [6, 6.07) is 43.9. The zero-order chi connectivity index (χ0) is 25.1. The molecule has 0 amide bonds. The summed E-state index contributed by atoms with van der Waals surface area (Å²) in [6.07, 6.45) is 0. The minimum absolute atomic E-state index is 0.231. The number of rotatable bonds is 2. The SMILES string of the molecule is Cc1cc(C)c(B2c3cc4ccccc4cc3[As](c3ccccc3)c3cc4ccccc4cc32)c(C)c1. The van der Waals surface area contributed by atoms with Crippen molar-refractivity contribution in [3.8, 4) is 0 Å². The van der Waals surface area contributed by atoms with Gasteiger partial charge in [0.2, 0.25) is 0 Å². The predicted octanol–water partition coefficient (Wildman–Crippen LogP) is 4.26. The minimum atomic E-state index is -1.79. The number of aryl methyl sites for hydroxylation is 3. The van der Waals surface area contributed by atoms with Crippen molar-refractivity contribution in [2.45, 2.75) is 20.8 Å². The van der Waals surface area contributed by atoms with Crippen LogP contribution < -0.4 is 29.4 Å². The Morgan fingerprint density at radius 2 is 0.919 bits per heavy atom. The molecule has 0 bridgehead atoms. The summed E-state index contributed by atoms with van der Waals surface area (Å²) < 4.78 is 4.65. The van der Waals surface area contributed by atoms with E-state index in [-0.39, 0.29) is 6.71 Å². The van der Waals surface area contributed by atoms with Gasteiger partial charge in [-0.3, -0.25) is 0 Å². The molecule has 0 unspecified atom stereocenters. The topological polar surface area (TPSA) is 0 Å². The average molecular weight is 534 g/mol. The molecule has 176 valence electrons. The van der Waals surface area contributed by atoms with Crippen molar-refractivity contribution in [3.05, 3.63) is 132 Å². The molecule has 1 heterocycles. The van der Waals surface area contributed by atoms with Gasteiger partial charge in [-0.15, -0.1) is 0 Å². The van der Waals surface area contributed by atoms with Crippen molar-refractivity contribution in [3.63, 3.8) is 0 Å². The van der Waals surface area contributed by atoms with Gasteiger partial charge in [0.15, 0.2) is 0 Å². The Labute approximate surface area is 224 Å². The van der Waals surface area contributed by atoms with Gasteiger partial charge in [0, 0.05) is 0 Å². The number of hydrogen-bond acceptors (Lipinski definition) is 0. The second-order valence-electron chi connectivity index (χ2n) is 10.4. The third-order valence-corrected chi connectivity index (χ3v) is 13.3. The van der Waals surface area contributed by atoms with Crippen LogP contribution in [-0.4, -0.2) is 21.4 Å². The van der Waals surface area contributed by atoms with Crippen molar-refractivity contribution in [2.75, 3.05) is 0 Å². The molecular formula is C35H28AsB. The van der Waals surface area contributed by atoms with Crippen LogP contribution in [0.5, 0.6) is 0 Å². The van der Waals surface area contributed by atoms with Gasteiger partial charge in [-0.25, -0.2) is 0 Å². The monoisotopic (exact) mass is 534 g/mol. The first-order valence-corrected chi connectivity index (χ1v) is 15.9. The van der Waals surface area contributed by atoms with Crippen LogP contribution in [0, 0.1) is 20.8 Å². The van der Waals surface area contributed by atoms with Crippen LogP contribution in [0.3, 0.4) is 0 Å². The zero-order valence-corrected chi connectivity index (χ0v) is 23.4. The van der Waals surface area contributed by atoms with Crippen LogP contribution in [0.1, 0.15) is 16.7 Å². The predicted molar refractivity (Wildman–Crippen MR) is 164 cm³/mol. The first-order valence-electron chi connectivity index (χ1n) is 13.1. The Hall–Kier alpha value is -3.54. The fraction of sp³-hybridized carbons (Fsp3) is 0.0857. The molecule has 0 aromatic heterocycles. The van der Waals surface area contributed by atoms with Crippen molar-refractivity contribution in [2.24, 2.45) is 0 Å². The molecule has 0 aliphatic carbocycles. The van der Waals surface area contributed by atoms with Crippen LogP contribution >= 0.6 is 0 Å². The van der Waals surface area contributed by atoms with Crippen molar-refractivity contribution >= 4 is 72.4 Å². The maximum absolute atomic E-state index is 2.53. The first kappa shape index (κ1) is 22.6. The summed E-state index contributed by atoms with van der Waals surface area (Å²) in [5.74, 6) is 0. The van der Waals surface area contributed by atoms with E-state index in [0.29, 0.717) is 0 Å². The van der Waals surface area contributed by atoms with Crippen LogP contribution in [0.15, 0.2) is 115 Å². The van der Waals surface area contributed by atoms with Crippen LogP contribution in [0.2, 0.25) is 0 Å². The molecule has 0 nitrogen and oxygen atoms in total.